The van der Waals surface area contributed by atoms with Crippen LogP contribution in [0.3, 0.4) is 0 Å². The predicted molar refractivity (Wildman–Crippen MR) is 90.3 cm³/mol. The highest BCUT2D eigenvalue weighted by molar-refractivity contribution is 5.96. The van der Waals surface area contributed by atoms with E-state index in [0.29, 0.717) is 5.56 Å². The van der Waals surface area contributed by atoms with E-state index in [4.69, 9.17) is 5.11 Å². The van der Waals surface area contributed by atoms with Crippen LogP contribution in [0.5, 0.6) is 0 Å². The Hall–Kier alpha value is -2.89. The number of aromatic carboxylic acids is 1. The quantitative estimate of drug-likeness (QED) is 0.900. The van der Waals surface area contributed by atoms with Gasteiger partial charge in [-0.15, -0.1) is 0 Å². The third kappa shape index (κ3) is 3.71. The Bertz CT molecular complexity index is 708. The van der Waals surface area contributed by atoms with Gasteiger partial charge < -0.3 is 15.3 Å². The van der Waals surface area contributed by atoms with Crippen LogP contribution < -0.4 is 10.2 Å². The topological polar surface area (TPSA) is 82.5 Å². The molecule has 0 saturated carbocycles. The van der Waals surface area contributed by atoms with Gasteiger partial charge in [-0.3, -0.25) is 9.78 Å². The Morgan fingerprint density at radius 3 is 2.17 bits per heavy atom. The molecule has 1 aliphatic heterocycles. The second-order valence-corrected chi connectivity index (χ2v) is 5.82. The zero-order chi connectivity index (χ0) is 16.9. The van der Waals surface area contributed by atoms with Crippen molar-refractivity contribution >= 4 is 17.6 Å². The van der Waals surface area contributed by atoms with Crippen LogP contribution in [-0.2, 0) is 0 Å². The molecular formula is C18H19N3O3. The van der Waals surface area contributed by atoms with Crippen molar-refractivity contribution in [3.63, 3.8) is 0 Å². The second-order valence-electron chi connectivity index (χ2n) is 5.82. The highest BCUT2D eigenvalue weighted by atomic mass is 16.4. The Morgan fingerprint density at radius 2 is 1.58 bits per heavy atom. The largest absolute Gasteiger partial charge is 0.478 e. The van der Waals surface area contributed by atoms with Crippen LogP contribution in [0.1, 0.15) is 33.6 Å². The number of rotatable bonds is 4. The average molecular weight is 325 g/mol. The summed E-state index contributed by atoms with van der Waals surface area (Å²) in [5, 5.41) is 11.9. The van der Waals surface area contributed by atoms with Gasteiger partial charge in [-0.2, -0.15) is 0 Å². The van der Waals surface area contributed by atoms with Gasteiger partial charge in [0.2, 0.25) is 0 Å². The summed E-state index contributed by atoms with van der Waals surface area (Å²) >= 11 is 0. The summed E-state index contributed by atoms with van der Waals surface area (Å²) in [4.78, 5) is 29.4. The van der Waals surface area contributed by atoms with Gasteiger partial charge >= 0.3 is 5.97 Å². The number of carboxylic acids is 1. The van der Waals surface area contributed by atoms with Gasteiger partial charge in [0, 0.05) is 42.8 Å². The van der Waals surface area contributed by atoms with Crippen LogP contribution in [0, 0.1) is 0 Å². The van der Waals surface area contributed by atoms with E-state index in [2.05, 4.69) is 15.2 Å². The first kappa shape index (κ1) is 16.0. The van der Waals surface area contributed by atoms with E-state index in [1.807, 2.05) is 12.1 Å². The highest BCUT2D eigenvalue weighted by Crippen LogP contribution is 2.19. The SMILES string of the molecule is O=C(O)c1ccc(C(=O)NC2CCN(c3ccncc3)CC2)cc1. The van der Waals surface area contributed by atoms with Gasteiger partial charge in [-0.05, 0) is 49.2 Å². The third-order valence-electron chi connectivity index (χ3n) is 4.25. The molecule has 124 valence electrons. The lowest BCUT2D eigenvalue weighted by Crippen LogP contribution is -2.44. The lowest BCUT2D eigenvalue weighted by Gasteiger charge is -2.33. The van der Waals surface area contributed by atoms with Crippen LogP contribution in [0.4, 0.5) is 5.69 Å². The number of nitrogens with zero attached hydrogens (tertiary/aromatic N) is 2. The summed E-state index contributed by atoms with van der Waals surface area (Å²) in [6, 6.07) is 10.1. The van der Waals surface area contributed by atoms with Crippen molar-refractivity contribution in [3.8, 4) is 0 Å². The maximum absolute atomic E-state index is 12.3. The maximum atomic E-state index is 12.3. The number of carbonyl (C=O) groups is 2. The van der Waals surface area contributed by atoms with E-state index in [-0.39, 0.29) is 17.5 Å². The van der Waals surface area contributed by atoms with E-state index in [1.54, 1.807) is 24.5 Å². The molecule has 2 aromatic rings. The van der Waals surface area contributed by atoms with Gasteiger partial charge in [0.05, 0.1) is 5.56 Å². The second kappa shape index (κ2) is 7.12. The predicted octanol–water partition coefficient (Wildman–Crippen LogP) is 2.18. The van der Waals surface area contributed by atoms with Crippen molar-refractivity contribution in [3.05, 3.63) is 59.9 Å². The molecule has 0 atom stereocenters. The molecule has 1 fully saturated rings. The first-order chi connectivity index (χ1) is 11.6. The Kier molecular flexibility index (Phi) is 4.74. The lowest BCUT2D eigenvalue weighted by atomic mass is 10.0. The van der Waals surface area contributed by atoms with Gasteiger partial charge in [-0.25, -0.2) is 4.79 Å². The van der Waals surface area contributed by atoms with Crippen LogP contribution in [-0.4, -0.2) is 41.1 Å². The van der Waals surface area contributed by atoms with E-state index in [9.17, 15) is 9.59 Å². The van der Waals surface area contributed by atoms with Crippen molar-refractivity contribution in [2.45, 2.75) is 18.9 Å². The molecule has 1 aromatic carbocycles. The third-order valence-corrected chi connectivity index (χ3v) is 4.25. The molecule has 2 heterocycles. The van der Waals surface area contributed by atoms with Crippen LogP contribution in [0.25, 0.3) is 0 Å². The summed E-state index contributed by atoms with van der Waals surface area (Å²) in [5.74, 6) is -1.15. The molecule has 0 unspecified atom stereocenters. The molecule has 24 heavy (non-hydrogen) atoms. The minimum atomic E-state index is -0.995. The number of hydrogen-bond donors (Lipinski definition) is 2. The number of piperidine rings is 1. The molecule has 0 aliphatic carbocycles. The molecule has 0 spiro atoms. The number of carbonyl (C=O) groups excluding carboxylic acids is 1. The van der Waals surface area contributed by atoms with Crippen molar-refractivity contribution in [2.75, 3.05) is 18.0 Å². The van der Waals surface area contributed by atoms with E-state index < -0.39 is 5.97 Å². The fourth-order valence-electron chi connectivity index (χ4n) is 2.87. The number of benzene rings is 1. The molecule has 6 heteroatoms. The van der Waals surface area contributed by atoms with Crippen molar-refractivity contribution in [1.29, 1.82) is 0 Å². The molecule has 1 saturated heterocycles. The normalized spacial score (nSPS) is 15.1. The lowest BCUT2D eigenvalue weighted by molar-refractivity contribution is 0.0696. The van der Waals surface area contributed by atoms with Crippen LogP contribution in [0.15, 0.2) is 48.8 Å². The fourth-order valence-corrected chi connectivity index (χ4v) is 2.87. The number of anilines is 1. The molecule has 6 nitrogen and oxygen atoms in total. The number of pyridine rings is 1. The Morgan fingerprint density at radius 1 is 1.00 bits per heavy atom. The summed E-state index contributed by atoms with van der Waals surface area (Å²) in [5.41, 5.74) is 1.81. The number of aromatic nitrogens is 1. The zero-order valence-corrected chi connectivity index (χ0v) is 13.2. The molecule has 2 N–H and O–H groups in total. The molecule has 1 aliphatic rings. The standard InChI is InChI=1S/C18H19N3O3/c22-17(13-1-3-14(4-2-13)18(23)24)20-15-7-11-21(12-8-15)16-5-9-19-10-6-16/h1-6,9-10,15H,7-8,11-12H2,(H,20,22)(H,23,24). The minimum Gasteiger partial charge on any atom is -0.478 e. The molecule has 1 amide bonds. The minimum absolute atomic E-state index is 0.134. The van der Waals surface area contributed by atoms with E-state index in [0.717, 1.165) is 31.6 Å². The van der Waals surface area contributed by atoms with E-state index >= 15 is 0 Å². The molecular weight excluding hydrogens is 306 g/mol. The smallest absolute Gasteiger partial charge is 0.335 e. The summed E-state index contributed by atoms with van der Waals surface area (Å²) < 4.78 is 0. The Labute approximate surface area is 140 Å². The number of nitrogens with one attached hydrogen (secondary N) is 1. The van der Waals surface area contributed by atoms with Crippen molar-refractivity contribution in [2.24, 2.45) is 0 Å². The first-order valence-corrected chi connectivity index (χ1v) is 7.92. The molecule has 1 aromatic heterocycles. The zero-order valence-electron chi connectivity index (χ0n) is 13.2. The van der Waals surface area contributed by atoms with Gasteiger partial charge in [0.1, 0.15) is 0 Å². The summed E-state index contributed by atoms with van der Waals surface area (Å²) in [6.07, 6.45) is 5.32. The summed E-state index contributed by atoms with van der Waals surface area (Å²) in [7, 11) is 0. The maximum Gasteiger partial charge on any atom is 0.335 e. The number of amides is 1. The van der Waals surface area contributed by atoms with Gasteiger partial charge in [0.15, 0.2) is 0 Å². The van der Waals surface area contributed by atoms with Crippen LogP contribution >= 0.6 is 0 Å². The number of hydrogen-bond acceptors (Lipinski definition) is 4. The molecule has 0 radical (unpaired) electrons. The fraction of sp³-hybridized carbons (Fsp3) is 0.278. The monoisotopic (exact) mass is 325 g/mol. The van der Waals surface area contributed by atoms with E-state index in [1.165, 1.54) is 12.1 Å². The first-order valence-electron chi connectivity index (χ1n) is 7.92. The number of carboxylic acid groups (broad SMARTS) is 1. The summed E-state index contributed by atoms with van der Waals surface area (Å²) in [6.45, 7) is 1.76. The van der Waals surface area contributed by atoms with Crippen molar-refractivity contribution in [1.82, 2.24) is 10.3 Å². The highest BCUT2D eigenvalue weighted by Gasteiger charge is 2.21. The van der Waals surface area contributed by atoms with Gasteiger partial charge in [-0.1, -0.05) is 0 Å². The average Bonchev–Trinajstić information content (AvgIpc) is 2.63. The molecule has 3 rings (SSSR count). The van der Waals surface area contributed by atoms with Crippen molar-refractivity contribution < 1.29 is 14.7 Å². The Balaban J connectivity index is 1.54. The van der Waals surface area contributed by atoms with Crippen LogP contribution in [0.2, 0.25) is 0 Å². The molecule has 0 bridgehead atoms. The van der Waals surface area contributed by atoms with Gasteiger partial charge in [0.25, 0.3) is 5.91 Å².